The minimum absolute atomic E-state index is 0.514. The second-order valence-electron chi connectivity index (χ2n) is 2.34. The van der Waals surface area contributed by atoms with E-state index in [1.165, 1.54) is 6.42 Å². The van der Waals surface area contributed by atoms with Crippen LogP contribution in [-0.2, 0) is 4.74 Å². The highest BCUT2D eigenvalue weighted by Crippen LogP contribution is 2.18. The zero-order valence-corrected chi connectivity index (χ0v) is 11.0. The van der Waals surface area contributed by atoms with Crippen molar-refractivity contribution in [2.45, 2.75) is 67.9 Å². The summed E-state index contributed by atoms with van der Waals surface area (Å²) in [5, 5.41) is 0. The summed E-state index contributed by atoms with van der Waals surface area (Å²) in [6, 6.07) is 0. The molecule has 1 aliphatic rings. The summed E-state index contributed by atoms with van der Waals surface area (Å²) in [6.45, 7) is 17.3. The predicted molar refractivity (Wildman–Crippen MR) is 63.2 cm³/mol. The van der Waals surface area contributed by atoms with Gasteiger partial charge in [0.1, 0.15) is 0 Å². The summed E-state index contributed by atoms with van der Waals surface area (Å²) in [5.74, 6) is 0.792. The smallest absolute Gasteiger partial charge is 0.0573 e. The summed E-state index contributed by atoms with van der Waals surface area (Å²) >= 11 is 0. The highest BCUT2D eigenvalue weighted by molar-refractivity contribution is 4.66. The fourth-order valence-corrected chi connectivity index (χ4v) is 0.839. The molecule has 1 heterocycles. The Morgan fingerprint density at radius 3 is 1.31 bits per heavy atom. The fourth-order valence-electron chi connectivity index (χ4n) is 0.839. The molecule has 0 amide bonds. The van der Waals surface area contributed by atoms with Gasteiger partial charge in [0.25, 0.3) is 0 Å². The van der Waals surface area contributed by atoms with E-state index in [1.54, 1.807) is 0 Å². The summed E-state index contributed by atoms with van der Waals surface area (Å²) in [5.41, 5.74) is 0. The third-order valence-electron chi connectivity index (χ3n) is 1.76. The molecule has 1 fully saturated rings. The Morgan fingerprint density at radius 1 is 0.846 bits per heavy atom. The van der Waals surface area contributed by atoms with Gasteiger partial charge in [-0.15, -0.1) is 0 Å². The first-order chi connectivity index (χ1) is 6.30. The Hall–Kier alpha value is -0.0400. The zero-order valence-electron chi connectivity index (χ0n) is 11.0. The van der Waals surface area contributed by atoms with Gasteiger partial charge in [-0.1, -0.05) is 48.5 Å². The van der Waals surface area contributed by atoms with Crippen molar-refractivity contribution in [3.05, 3.63) is 0 Å². The van der Waals surface area contributed by atoms with E-state index in [1.807, 2.05) is 41.5 Å². The summed E-state index contributed by atoms with van der Waals surface area (Å²) in [6.07, 6.45) is 1.77. The lowest BCUT2D eigenvalue weighted by atomic mass is 10.1. The van der Waals surface area contributed by atoms with E-state index in [9.17, 15) is 0 Å². The topological polar surface area (TPSA) is 9.23 Å². The van der Waals surface area contributed by atoms with Crippen LogP contribution in [-0.4, -0.2) is 12.7 Å². The van der Waals surface area contributed by atoms with E-state index >= 15 is 0 Å². The van der Waals surface area contributed by atoms with Crippen LogP contribution < -0.4 is 0 Å². The number of ether oxygens (including phenoxy) is 1. The van der Waals surface area contributed by atoms with Crippen LogP contribution >= 0.6 is 0 Å². The van der Waals surface area contributed by atoms with Gasteiger partial charge >= 0.3 is 0 Å². The van der Waals surface area contributed by atoms with Gasteiger partial charge in [-0.25, -0.2) is 0 Å². The molecule has 1 heteroatoms. The second-order valence-corrected chi connectivity index (χ2v) is 2.34. The van der Waals surface area contributed by atoms with E-state index < -0.39 is 0 Å². The van der Waals surface area contributed by atoms with E-state index in [0.717, 1.165) is 12.5 Å². The molecule has 0 N–H and O–H groups in total. The van der Waals surface area contributed by atoms with Crippen molar-refractivity contribution in [2.75, 3.05) is 6.61 Å². The van der Waals surface area contributed by atoms with Crippen molar-refractivity contribution in [1.29, 1.82) is 0 Å². The molecule has 1 rings (SSSR count). The lowest BCUT2D eigenvalue weighted by Gasteiger charge is -2.04. The summed E-state index contributed by atoms with van der Waals surface area (Å²) in [7, 11) is 0. The normalized spacial score (nSPS) is 24.0. The van der Waals surface area contributed by atoms with Crippen molar-refractivity contribution in [3.8, 4) is 0 Å². The highest BCUT2D eigenvalue weighted by atomic mass is 16.5. The average molecular weight is 190 g/mol. The molecule has 84 valence electrons. The lowest BCUT2D eigenvalue weighted by Crippen LogP contribution is -2.05. The minimum Gasteiger partial charge on any atom is -0.378 e. The number of hydrogen-bond acceptors (Lipinski definition) is 1. The van der Waals surface area contributed by atoms with Gasteiger partial charge in [-0.2, -0.15) is 0 Å². The van der Waals surface area contributed by atoms with Gasteiger partial charge in [-0.05, 0) is 19.3 Å². The molecule has 1 saturated heterocycles. The number of rotatable bonds is 0. The van der Waals surface area contributed by atoms with Crippen LogP contribution in [0.3, 0.4) is 0 Å². The van der Waals surface area contributed by atoms with Gasteiger partial charge < -0.3 is 4.74 Å². The lowest BCUT2D eigenvalue weighted by molar-refractivity contribution is 0.109. The Kier molecular flexibility index (Phi) is 25.7. The molecule has 0 bridgehead atoms. The molecular formula is C12H30O. The molecule has 0 saturated carbocycles. The van der Waals surface area contributed by atoms with Crippen LogP contribution in [0.15, 0.2) is 0 Å². The van der Waals surface area contributed by atoms with Crippen molar-refractivity contribution in [3.63, 3.8) is 0 Å². The van der Waals surface area contributed by atoms with Crippen LogP contribution in [0.4, 0.5) is 0 Å². The van der Waals surface area contributed by atoms with E-state index in [0.29, 0.717) is 6.10 Å². The molecule has 1 aliphatic heterocycles. The molecule has 0 radical (unpaired) electrons. The van der Waals surface area contributed by atoms with Crippen molar-refractivity contribution >= 4 is 0 Å². The number of hydrogen-bond donors (Lipinski definition) is 0. The summed E-state index contributed by atoms with van der Waals surface area (Å²) < 4.78 is 5.27. The van der Waals surface area contributed by atoms with Crippen LogP contribution in [0.2, 0.25) is 0 Å². The maximum absolute atomic E-state index is 5.27. The Bertz CT molecular complexity index is 54.1. The first-order valence-electron chi connectivity index (χ1n) is 5.92. The average Bonchev–Trinajstić information content (AvgIpc) is 2.61. The molecular weight excluding hydrogens is 160 g/mol. The molecule has 0 aromatic carbocycles. The Morgan fingerprint density at radius 2 is 1.23 bits per heavy atom. The molecule has 0 aromatic rings. The zero-order chi connectivity index (χ0) is 11.3. The van der Waals surface area contributed by atoms with Gasteiger partial charge in [0.2, 0.25) is 0 Å². The maximum atomic E-state index is 5.27. The maximum Gasteiger partial charge on any atom is 0.0573 e. The fraction of sp³-hybridized carbons (Fsp3) is 1.00. The van der Waals surface area contributed by atoms with Crippen LogP contribution in [0.25, 0.3) is 0 Å². The molecule has 0 aromatic heterocycles. The second kappa shape index (κ2) is 17.9. The van der Waals surface area contributed by atoms with Gasteiger partial charge in [0.05, 0.1) is 6.10 Å². The molecule has 0 spiro atoms. The Balaban J connectivity index is -0.000000144. The van der Waals surface area contributed by atoms with Gasteiger partial charge in [-0.3, -0.25) is 0 Å². The molecule has 2 unspecified atom stereocenters. The summed E-state index contributed by atoms with van der Waals surface area (Å²) in [4.78, 5) is 0. The standard InChI is InChI=1S/C6H12O.3C2H6/c1-5-3-4-7-6(5)2;3*1-2/h5-6H,3-4H2,1-2H3;3*1-2H3. The first-order valence-corrected chi connectivity index (χ1v) is 5.92. The highest BCUT2D eigenvalue weighted by Gasteiger charge is 2.18. The predicted octanol–water partition coefficient (Wildman–Crippen LogP) is 4.51. The SMILES string of the molecule is CC.CC.CC.CC1CCOC1C. The molecule has 2 atom stereocenters. The van der Waals surface area contributed by atoms with Gasteiger partial charge in [0.15, 0.2) is 0 Å². The molecule has 0 aliphatic carbocycles. The minimum atomic E-state index is 0.514. The van der Waals surface area contributed by atoms with E-state index in [4.69, 9.17) is 4.74 Å². The van der Waals surface area contributed by atoms with Crippen LogP contribution in [0.5, 0.6) is 0 Å². The van der Waals surface area contributed by atoms with Crippen LogP contribution in [0, 0.1) is 5.92 Å². The third kappa shape index (κ3) is 12.0. The van der Waals surface area contributed by atoms with E-state index in [2.05, 4.69) is 13.8 Å². The molecule has 13 heavy (non-hydrogen) atoms. The van der Waals surface area contributed by atoms with Crippen molar-refractivity contribution in [2.24, 2.45) is 5.92 Å². The van der Waals surface area contributed by atoms with Gasteiger partial charge in [0, 0.05) is 6.61 Å². The van der Waals surface area contributed by atoms with E-state index in [-0.39, 0.29) is 0 Å². The quantitative estimate of drug-likeness (QED) is 0.546. The monoisotopic (exact) mass is 190 g/mol. The first kappa shape index (κ1) is 18.7. The van der Waals surface area contributed by atoms with Crippen molar-refractivity contribution < 1.29 is 4.74 Å². The van der Waals surface area contributed by atoms with Crippen molar-refractivity contribution in [1.82, 2.24) is 0 Å². The third-order valence-corrected chi connectivity index (χ3v) is 1.76. The largest absolute Gasteiger partial charge is 0.378 e. The Labute approximate surface area is 85.9 Å². The van der Waals surface area contributed by atoms with Crippen LogP contribution in [0.1, 0.15) is 61.8 Å². The molecule has 1 nitrogen and oxygen atoms in total.